The molecule has 0 unspecified atom stereocenters. The second-order valence-corrected chi connectivity index (χ2v) is 5.28. The van der Waals surface area contributed by atoms with E-state index in [-0.39, 0.29) is 6.10 Å². The standard InChI is InChI=1S/C15H22ClNO2/c1-2-13(11-17-12-7-9-18-10-8-12)19-15-6-4-3-5-14(15)16/h3-6,12-13,17H,2,7-11H2,1H3/t13-/m0/s1. The van der Waals surface area contributed by atoms with Gasteiger partial charge in [0.1, 0.15) is 11.9 Å². The third kappa shape index (κ3) is 4.68. The SMILES string of the molecule is CC[C@@H](CNC1CCOCC1)Oc1ccccc1Cl. The number of nitrogens with one attached hydrogen (secondary N) is 1. The molecule has 0 radical (unpaired) electrons. The maximum absolute atomic E-state index is 6.11. The van der Waals surface area contributed by atoms with Crippen LogP contribution in [0.3, 0.4) is 0 Å². The molecule has 1 heterocycles. The summed E-state index contributed by atoms with van der Waals surface area (Å²) < 4.78 is 11.3. The molecule has 1 fully saturated rings. The lowest BCUT2D eigenvalue weighted by Crippen LogP contribution is -2.40. The van der Waals surface area contributed by atoms with E-state index in [9.17, 15) is 0 Å². The highest BCUT2D eigenvalue weighted by atomic mass is 35.5. The molecule has 0 spiro atoms. The van der Waals surface area contributed by atoms with Gasteiger partial charge in [-0.25, -0.2) is 0 Å². The fraction of sp³-hybridized carbons (Fsp3) is 0.600. The van der Waals surface area contributed by atoms with Crippen molar-refractivity contribution in [1.82, 2.24) is 5.32 Å². The Morgan fingerprint density at radius 1 is 1.37 bits per heavy atom. The average Bonchev–Trinajstić information content (AvgIpc) is 2.46. The Kier molecular flexibility index (Phi) is 5.95. The van der Waals surface area contributed by atoms with Crippen LogP contribution in [0.5, 0.6) is 5.75 Å². The predicted octanol–water partition coefficient (Wildman–Crippen LogP) is 3.27. The summed E-state index contributed by atoms with van der Waals surface area (Å²) in [5.74, 6) is 0.768. The van der Waals surface area contributed by atoms with Crippen LogP contribution >= 0.6 is 11.6 Å². The van der Waals surface area contributed by atoms with Gasteiger partial charge in [-0.1, -0.05) is 30.7 Å². The summed E-state index contributed by atoms with van der Waals surface area (Å²) in [6.45, 7) is 4.71. The number of halogens is 1. The average molecular weight is 284 g/mol. The molecule has 1 aromatic rings. The minimum absolute atomic E-state index is 0.155. The number of hydrogen-bond donors (Lipinski definition) is 1. The van der Waals surface area contributed by atoms with Crippen LogP contribution in [0.4, 0.5) is 0 Å². The quantitative estimate of drug-likeness (QED) is 0.869. The van der Waals surface area contributed by atoms with E-state index in [4.69, 9.17) is 21.1 Å². The third-order valence-corrected chi connectivity index (χ3v) is 3.75. The highest BCUT2D eigenvalue weighted by Gasteiger charge is 2.16. The topological polar surface area (TPSA) is 30.5 Å². The Balaban J connectivity index is 1.81. The Morgan fingerprint density at radius 3 is 2.79 bits per heavy atom. The Labute approximate surface area is 120 Å². The molecule has 0 bridgehead atoms. The molecule has 0 aliphatic carbocycles. The van der Waals surface area contributed by atoms with E-state index in [0.29, 0.717) is 11.1 Å². The molecule has 3 nitrogen and oxygen atoms in total. The molecule has 0 amide bonds. The zero-order valence-corrected chi connectivity index (χ0v) is 12.2. The number of para-hydroxylation sites is 1. The van der Waals surface area contributed by atoms with Crippen LogP contribution in [0.1, 0.15) is 26.2 Å². The predicted molar refractivity (Wildman–Crippen MR) is 78.0 cm³/mol. The molecule has 1 aromatic carbocycles. The summed E-state index contributed by atoms with van der Waals surface area (Å²) in [4.78, 5) is 0. The van der Waals surface area contributed by atoms with E-state index in [1.54, 1.807) is 0 Å². The van der Waals surface area contributed by atoms with E-state index < -0.39 is 0 Å². The Bertz CT molecular complexity index is 380. The van der Waals surface area contributed by atoms with Crippen LogP contribution < -0.4 is 10.1 Å². The zero-order valence-electron chi connectivity index (χ0n) is 11.4. The van der Waals surface area contributed by atoms with E-state index in [2.05, 4.69) is 12.2 Å². The lowest BCUT2D eigenvalue weighted by atomic mass is 10.1. The van der Waals surface area contributed by atoms with Crippen LogP contribution in [-0.4, -0.2) is 31.9 Å². The molecule has 19 heavy (non-hydrogen) atoms. The van der Waals surface area contributed by atoms with E-state index in [1.807, 2.05) is 24.3 Å². The van der Waals surface area contributed by atoms with Gasteiger partial charge in [0.05, 0.1) is 5.02 Å². The second kappa shape index (κ2) is 7.73. The lowest BCUT2D eigenvalue weighted by Gasteiger charge is -2.26. The van der Waals surface area contributed by atoms with Gasteiger partial charge in [0.15, 0.2) is 0 Å². The molecule has 1 atom stereocenters. The van der Waals surface area contributed by atoms with Gasteiger partial charge in [0.25, 0.3) is 0 Å². The van der Waals surface area contributed by atoms with Crippen molar-refractivity contribution in [3.63, 3.8) is 0 Å². The second-order valence-electron chi connectivity index (χ2n) is 4.87. The van der Waals surface area contributed by atoms with Gasteiger partial charge >= 0.3 is 0 Å². The summed E-state index contributed by atoms with van der Waals surface area (Å²) in [5, 5.41) is 4.24. The van der Waals surface area contributed by atoms with Crippen LogP contribution in [0.15, 0.2) is 24.3 Å². The molecular formula is C15H22ClNO2. The van der Waals surface area contributed by atoms with E-state index in [1.165, 1.54) is 0 Å². The first-order chi connectivity index (χ1) is 9.29. The van der Waals surface area contributed by atoms with Gasteiger partial charge < -0.3 is 14.8 Å². The van der Waals surface area contributed by atoms with Crippen LogP contribution in [0, 0.1) is 0 Å². The van der Waals surface area contributed by atoms with E-state index >= 15 is 0 Å². The summed E-state index contributed by atoms with van der Waals surface area (Å²) in [7, 11) is 0. The van der Waals surface area contributed by atoms with Gasteiger partial charge in [-0.15, -0.1) is 0 Å². The van der Waals surface area contributed by atoms with Crippen molar-refractivity contribution in [2.75, 3.05) is 19.8 Å². The van der Waals surface area contributed by atoms with Gasteiger partial charge in [-0.05, 0) is 31.4 Å². The first kappa shape index (κ1) is 14.6. The first-order valence-corrected chi connectivity index (χ1v) is 7.39. The minimum Gasteiger partial charge on any atom is -0.488 e. The van der Waals surface area contributed by atoms with Crippen LogP contribution in [0.25, 0.3) is 0 Å². The van der Waals surface area contributed by atoms with Gasteiger partial charge in [-0.2, -0.15) is 0 Å². The molecule has 1 N–H and O–H groups in total. The van der Waals surface area contributed by atoms with Crippen LogP contribution in [-0.2, 0) is 4.74 Å². The summed E-state index contributed by atoms with van der Waals surface area (Å²) >= 11 is 6.11. The van der Waals surface area contributed by atoms with E-state index in [0.717, 1.165) is 44.8 Å². The molecule has 1 aliphatic rings. The summed E-state index contributed by atoms with van der Waals surface area (Å²) in [6, 6.07) is 8.18. The fourth-order valence-electron chi connectivity index (χ4n) is 2.19. The van der Waals surface area contributed by atoms with Crippen molar-refractivity contribution in [2.45, 2.75) is 38.3 Å². The maximum atomic E-state index is 6.11. The van der Waals surface area contributed by atoms with Crippen molar-refractivity contribution < 1.29 is 9.47 Å². The zero-order chi connectivity index (χ0) is 13.5. The lowest BCUT2D eigenvalue weighted by molar-refractivity contribution is 0.0738. The van der Waals surface area contributed by atoms with Gasteiger partial charge in [-0.3, -0.25) is 0 Å². The molecule has 4 heteroatoms. The van der Waals surface area contributed by atoms with Crippen molar-refractivity contribution >= 4 is 11.6 Å². The van der Waals surface area contributed by atoms with Crippen molar-refractivity contribution in [3.05, 3.63) is 29.3 Å². The smallest absolute Gasteiger partial charge is 0.138 e. The molecule has 1 saturated heterocycles. The number of ether oxygens (including phenoxy) is 2. The number of rotatable bonds is 6. The number of benzene rings is 1. The van der Waals surface area contributed by atoms with Crippen molar-refractivity contribution in [2.24, 2.45) is 0 Å². The molecule has 0 saturated carbocycles. The highest BCUT2D eigenvalue weighted by Crippen LogP contribution is 2.24. The van der Waals surface area contributed by atoms with Crippen LogP contribution in [0.2, 0.25) is 5.02 Å². The number of hydrogen-bond acceptors (Lipinski definition) is 3. The fourth-order valence-corrected chi connectivity index (χ4v) is 2.37. The summed E-state index contributed by atoms with van der Waals surface area (Å²) in [6.07, 6.45) is 3.29. The molecule has 1 aliphatic heterocycles. The normalized spacial score (nSPS) is 18.2. The maximum Gasteiger partial charge on any atom is 0.138 e. The molecule has 0 aromatic heterocycles. The summed E-state index contributed by atoms with van der Waals surface area (Å²) in [5.41, 5.74) is 0. The molecule has 106 valence electrons. The van der Waals surface area contributed by atoms with Crippen molar-refractivity contribution in [3.8, 4) is 5.75 Å². The van der Waals surface area contributed by atoms with Crippen molar-refractivity contribution in [1.29, 1.82) is 0 Å². The largest absolute Gasteiger partial charge is 0.488 e. The van der Waals surface area contributed by atoms with Gasteiger partial charge in [0.2, 0.25) is 0 Å². The first-order valence-electron chi connectivity index (χ1n) is 7.02. The third-order valence-electron chi connectivity index (χ3n) is 3.44. The molecule has 2 rings (SSSR count). The Hall–Kier alpha value is -0.770. The minimum atomic E-state index is 0.155. The highest BCUT2D eigenvalue weighted by molar-refractivity contribution is 6.32. The Morgan fingerprint density at radius 2 is 2.11 bits per heavy atom. The van der Waals surface area contributed by atoms with Gasteiger partial charge in [0, 0.05) is 25.8 Å². The molecular weight excluding hydrogens is 262 g/mol. The monoisotopic (exact) mass is 283 g/mol.